The summed E-state index contributed by atoms with van der Waals surface area (Å²) in [6.45, 7) is 5.21. The highest BCUT2D eigenvalue weighted by atomic mass is 16.5. The van der Waals surface area contributed by atoms with E-state index in [2.05, 4.69) is 26.0 Å². The second-order valence-corrected chi connectivity index (χ2v) is 6.25. The van der Waals surface area contributed by atoms with E-state index >= 15 is 0 Å². The van der Waals surface area contributed by atoms with Crippen LogP contribution in [0.1, 0.15) is 57.1 Å². The van der Waals surface area contributed by atoms with Crippen LogP contribution in [-0.4, -0.2) is 29.8 Å². The van der Waals surface area contributed by atoms with Gasteiger partial charge < -0.3 is 15.6 Å². The highest BCUT2D eigenvalue weighted by molar-refractivity contribution is 5.73. The molecule has 3 N–H and O–H groups in total. The molecule has 2 unspecified atom stereocenters. The second kappa shape index (κ2) is 11.2. The fraction of sp³-hybridized carbons (Fsp3) is 0.632. The molecule has 0 aliphatic rings. The molecule has 0 aliphatic carbocycles. The van der Waals surface area contributed by atoms with Gasteiger partial charge in [0.05, 0.1) is 6.10 Å². The number of aryl methyl sites for hydroxylation is 1. The SMILES string of the molecule is CCCCCOC(C)CCCc1ccc(CC(N)C(=O)O)cc1. The zero-order valence-corrected chi connectivity index (χ0v) is 14.5. The van der Waals surface area contributed by atoms with Crippen LogP contribution in [0.25, 0.3) is 0 Å². The quantitative estimate of drug-likeness (QED) is 0.577. The Morgan fingerprint density at radius 3 is 2.43 bits per heavy atom. The van der Waals surface area contributed by atoms with Gasteiger partial charge in [0, 0.05) is 6.61 Å². The van der Waals surface area contributed by atoms with Gasteiger partial charge in [0.1, 0.15) is 6.04 Å². The van der Waals surface area contributed by atoms with Crippen molar-refractivity contribution in [3.63, 3.8) is 0 Å². The van der Waals surface area contributed by atoms with Crippen LogP contribution in [0.3, 0.4) is 0 Å². The number of carbonyl (C=O) groups is 1. The molecule has 0 fully saturated rings. The number of carboxylic acids is 1. The zero-order valence-electron chi connectivity index (χ0n) is 14.5. The summed E-state index contributed by atoms with van der Waals surface area (Å²) >= 11 is 0. The van der Waals surface area contributed by atoms with E-state index in [0.717, 1.165) is 37.9 Å². The topological polar surface area (TPSA) is 72.5 Å². The summed E-state index contributed by atoms with van der Waals surface area (Å²) in [7, 11) is 0. The minimum Gasteiger partial charge on any atom is -0.480 e. The van der Waals surface area contributed by atoms with Crippen LogP contribution in [0, 0.1) is 0 Å². The molecule has 0 heterocycles. The van der Waals surface area contributed by atoms with Crippen LogP contribution >= 0.6 is 0 Å². The molecule has 0 aliphatic heterocycles. The maximum atomic E-state index is 10.8. The summed E-state index contributed by atoms with van der Waals surface area (Å²) in [6, 6.07) is 7.26. The number of nitrogens with two attached hydrogens (primary N) is 1. The summed E-state index contributed by atoms with van der Waals surface area (Å²) in [5.41, 5.74) is 7.79. The average molecular weight is 321 g/mol. The van der Waals surface area contributed by atoms with Gasteiger partial charge in [-0.1, -0.05) is 44.0 Å². The summed E-state index contributed by atoms with van der Waals surface area (Å²) in [5.74, 6) is -0.956. The summed E-state index contributed by atoms with van der Waals surface area (Å²) < 4.78 is 5.80. The van der Waals surface area contributed by atoms with Crippen molar-refractivity contribution in [1.29, 1.82) is 0 Å². The van der Waals surface area contributed by atoms with E-state index < -0.39 is 12.0 Å². The van der Waals surface area contributed by atoms with Crippen LogP contribution in [-0.2, 0) is 22.4 Å². The molecule has 0 aromatic heterocycles. The van der Waals surface area contributed by atoms with E-state index in [-0.39, 0.29) is 0 Å². The Morgan fingerprint density at radius 2 is 1.83 bits per heavy atom. The molecule has 4 nitrogen and oxygen atoms in total. The first-order valence-electron chi connectivity index (χ1n) is 8.70. The van der Waals surface area contributed by atoms with Gasteiger partial charge in [0.25, 0.3) is 0 Å². The molecule has 4 heteroatoms. The van der Waals surface area contributed by atoms with Crippen LogP contribution in [0.4, 0.5) is 0 Å². The molecule has 2 atom stereocenters. The molecule has 130 valence electrons. The van der Waals surface area contributed by atoms with E-state index in [4.69, 9.17) is 15.6 Å². The van der Waals surface area contributed by atoms with E-state index in [1.54, 1.807) is 0 Å². The lowest BCUT2D eigenvalue weighted by Crippen LogP contribution is -2.32. The van der Waals surface area contributed by atoms with E-state index in [1.807, 2.05) is 12.1 Å². The third-order valence-electron chi connectivity index (χ3n) is 4.02. The molecule has 0 bridgehead atoms. The maximum absolute atomic E-state index is 10.8. The standard InChI is InChI=1S/C19H31NO3/c1-3-4-5-13-23-15(2)7-6-8-16-9-11-17(12-10-16)14-18(20)19(21)22/h9-12,15,18H,3-8,13-14,20H2,1-2H3,(H,21,22). The maximum Gasteiger partial charge on any atom is 0.320 e. The first-order chi connectivity index (χ1) is 11.0. The molecule has 23 heavy (non-hydrogen) atoms. The van der Waals surface area contributed by atoms with Gasteiger partial charge in [0.2, 0.25) is 0 Å². The molecule has 1 rings (SSSR count). The van der Waals surface area contributed by atoms with Crippen LogP contribution < -0.4 is 5.73 Å². The van der Waals surface area contributed by atoms with Crippen molar-refractivity contribution in [2.75, 3.05) is 6.61 Å². The predicted molar refractivity (Wildman–Crippen MR) is 93.6 cm³/mol. The highest BCUT2D eigenvalue weighted by Gasteiger charge is 2.11. The lowest BCUT2D eigenvalue weighted by atomic mass is 10.0. The van der Waals surface area contributed by atoms with E-state index in [9.17, 15) is 4.79 Å². The van der Waals surface area contributed by atoms with E-state index in [1.165, 1.54) is 18.4 Å². The fourth-order valence-electron chi connectivity index (χ4n) is 2.50. The van der Waals surface area contributed by atoms with E-state index in [0.29, 0.717) is 12.5 Å². The lowest BCUT2D eigenvalue weighted by molar-refractivity contribution is -0.138. The normalized spacial score (nSPS) is 13.7. The average Bonchev–Trinajstić information content (AvgIpc) is 2.53. The minimum atomic E-state index is -0.956. The molecule has 0 saturated carbocycles. The van der Waals surface area contributed by atoms with Gasteiger partial charge in [0.15, 0.2) is 0 Å². The molecule has 0 amide bonds. The van der Waals surface area contributed by atoms with Crippen LogP contribution in [0.5, 0.6) is 0 Å². The molecule has 1 aromatic rings. The summed E-state index contributed by atoms with van der Waals surface area (Å²) in [5, 5.41) is 8.82. The monoisotopic (exact) mass is 321 g/mol. The Kier molecular flexibility index (Phi) is 9.57. The molecule has 0 saturated heterocycles. The number of carboxylic acid groups (broad SMARTS) is 1. The molecule has 0 radical (unpaired) electrons. The smallest absolute Gasteiger partial charge is 0.320 e. The molecular weight excluding hydrogens is 290 g/mol. The second-order valence-electron chi connectivity index (χ2n) is 6.25. The molecule has 1 aromatic carbocycles. The molecule has 0 spiro atoms. The number of hydrogen-bond donors (Lipinski definition) is 2. The number of aliphatic carboxylic acids is 1. The van der Waals surface area contributed by atoms with Gasteiger partial charge in [-0.3, -0.25) is 4.79 Å². The first-order valence-corrected chi connectivity index (χ1v) is 8.70. The van der Waals surface area contributed by atoms with Gasteiger partial charge in [-0.05, 0) is 50.2 Å². The third kappa shape index (κ3) is 8.72. The van der Waals surface area contributed by atoms with Crippen molar-refractivity contribution < 1.29 is 14.6 Å². The largest absolute Gasteiger partial charge is 0.480 e. The van der Waals surface area contributed by atoms with Crippen molar-refractivity contribution in [3.8, 4) is 0 Å². The number of ether oxygens (including phenoxy) is 1. The summed E-state index contributed by atoms with van der Waals surface area (Å²) in [4.78, 5) is 10.8. The van der Waals surface area contributed by atoms with Gasteiger partial charge in [-0.15, -0.1) is 0 Å². The zero-order chi connectivity index (χ0) is 17.1. The molecular formula is C19H31NO3. The first kappa shape index (κ1) is 19.7. The van der Waals surface area contributed by atoms with Crippen molar-refractivity contribution >= 4 is 5.97 Å². The number of rotatable bonds is 12. The highest BCUT2D eigenvalue weighted by Crippen LogP contribution is 2.12. The third-order valence-corrected chi connectivity index (χ3v) is 4.02. The Morgan fingerprint density at radius 1 is 1.17 bits per heavy atom. The van der Waals surface area contributed by atoms with Crippen molar-refractivity contribution in [2.45, 2.75) is 70.9 Å². The number of benzene rings is 1. The van der Waals surface area contributed by atoms with Crippen molar-refractivity contribution in [3.05, 3.63) is 35.4 Å². The van der Waals surface area contributed by atoms with Crippen LogP contribution in [0.2, 0.25) is 0 Å². The Bertz CT molecular complexity index is 444. The Balaban J connectivity index is 2.23. The van der Waals surface area contributed by atoms with Crippen LogP contribution in [0.15, 0.2) is 24.3 Å². The Hall–Kier alpha value is -1.39. The number of hydrogen-bond acceptors (Lipinski definition) is 3. The van der Waals surface area contributed by atoms with Gasteiger partial charge in [-0.2, -0.15) is 0 Å². The minimum absolute atomic E-state index is 0.319. The van der Waals surface area contributed by atoms with Crippen molar-refractivity contribution in [2.24, 2.45) is 5.73 Å². The Labute approximate surface area is 140 Å². The summed E-state index contributed by atoms with van der Waals surface area (Å²) in [6.07, 6.45) is 7.50. The van der Waals surface area contributed by atoms with Gasteiger partial charge >= 0.3 is 5.97 Å². The predicted octanol–water partition coefficient (Wildman–Crippen LogP) is 3.56. The van der Waals surface area contributed by atoms with Crippen molar-refractivity contribution in [1.82, 2.24) is 0 Å². The van der Waals surface area contributed by atoms with Gasteiger partial charge in [-0.25, -0.2) is 0 Å². The number of unbranched alkanes of at least 4 members (excludes halogenated alkanes) is 2. The fourth-order valence-corrected chi connectivity index (χ4v) is 2.50. The lowest BCUT2D eigenvalue weighted by Gasteiger charge is -2.13.